The van der Waals surface area contributed by atoms with Gasteiger partial charge in [-0.25, -0.2) is 9.37 Å². The van der Waals surface area contributed by atoms with E-state index in [0.717, 1.165) is 12.2 Å². The summed E-state index contributed by atoms with van der Waals surface area (Å²) in [6, 6.07) is 6.13. The first kappa shape index (κ1) is 13.5. The van der Waals surface area contributed by atoms with Crippen LogP contribution in [0.5, 0.6) is 0 Å². The third-order valence-electron chi connectivity index (χ3n) is 3.59. The second-order valence-electron chi connectivity index (χ2n) is 4.95. The van der Waals surface area contributed by atoms with Gasteiger partial charge in [0.05, 0.1) is 30.2 Å². The lowest BCUT2D eigenvalue weighted by Crippen LogP contribution is -2.34. The number of nitrogens with one attached hydrogen (secondary N) is 1. The van der Waals surface area contributed by atoms with Crippen LogP contribution in [0.25, 0.3) is 0 Å². The van der Waals surface area contributed by atoms with Gasteiger partial charge in [-0.05, 0) is 25.1 Å². The van der Waals surface area contributed by atoms with Crippen molar-refractivity contribution >= 4 is 0 Å². The third-order valence-corrected chi connectivity index (χ3v) is 3.59. The van der Waals surface area contributed by atoms with E-state index in [0.29, 0.717) is 24.1 Å². The first-order valence-electron chi connectivity index (χ1n) is 6.65. The molecule has 1 aliphatic rings. The number of hydrogen-bond acceptors (Lipinski definition) is 4. The Morgan fingerprint density at radius 3 is 3.10 bits per heavy atom. The zero-order valence-corrected chi connectivity index (χ0v) is 11.3. The summed E-state index contributed by atoms with van der Waals surface area (Å²) in [5.74, 6) is -0.486. The molecule has 106 valence electrons. The Morgan fingerprint density at radius 1 is 1.48 bits per heavy atom. The van der Waals surface area contributed by atoms with Crippen LogP contribution >= 0.6 is 0 Å². The summed E-state index contributed by atoms with van der Waals surface area (Å²) in [5, 5.41) is 11.9. The molecule has 0 radical (unpaired) electrons. The number of rotatable bonds is 2. The maximum absolute atomic E-state index is 13.9. The summed E-state index contributed by atoms with van der Waals surface area (Å²) in [6.07, 6.45) is 2.09. The van der Waals surface area contributed by atoms with E-state index in [-0.39, 0.29) is 17.7 Å². The lowest BCUT2D eigenvalue weighted by atomic mass is 10.1. The van der Waals surface area contributed by atoms with Crippen molar-refractivity contribution in [1.29, 1.82) is 5.26 Å². The Balaban J connectivity index is 1.96. The molecule has 0 aliphatic carbocycles. The normalized spacial score (nSPS) is 13.5. The minimum atomic E-state index is -0.486. The molecule has 0 amide bonds. The molecule has 0 spiro atoms. The maximum atomic E-state index is 13.9. The Labute approximate surface area is 120 Å². The lowest BCUT2D eigenvalue weighted by molar-refractivity contribution is 0.575. The molecule has 0 fully saturated rings. The quantitative estimate of drug-likeness (QED) is 0.891. The van der Waals surface area contributed by atoms with Crippen LogP contribution < -0.4 is 10.9 Å². The van der Waals surface area contributed by atoms with E-state index in [1.807, 2.05) is 6.07 Å². The predicted molar refractivity (Wildman–Crippen MR) is 74.1 cm³/mol. The first-order valence-corrected chi connectivity index (χ1v) is 6.65. The van der Waals surface area contributed by atoms with Crippen LogP contribution in [0.2, 0.25) is 0 Å². The molecule has 1 N–H and O–H groups in total. The van der Waals surface area contributed by atoms with Crippen molar-refractivity contribution in [3.8, 4) is 6.07 Å². The smallest absolute Gasteiger partial charge is 0.257 e. The van der Waals surface area contributed by atoms with Crippen molar-refractivity contribution in [1.82, 2.24) is 14.9 Å². The highest BCUT2D eigenvalue weighted by Gasteiger charge is 2.16. The number of hydrogen-bond donors (Lipinski definition) is 1. The van der Waals surface area contributed by atoms with E-state index in [9.17, 15) is 9.18 Å². The fourth-order valence-electron chi connectivity index (χ4n) is 2.43. The monoisotopic (exact) mass is 284 g/mol. The van der Waals surface area contributed by atoms with Gasteiger partial charge >= 0.3 is 0 Å². The summed E-state index contributed by atoms with van der Waals surface area (Å²) in [5.41, 5.74) is 1.98. The number of benzene rings is 1. The van der Waals surface area contributed by atoms with Crippen LogP contribution in [0.4, 0.5) is 4.39 Å². The van der Waals surface area contributed by atoms with Gasteiger partial charge in [0.2, 0.25) is 0 Å². The van der Waals surface area contributed by atoms with Crippen LogP contribution in [0.1, 0.15) is 22.4 Å². The number of fused-ring (bicyclic) bond motifs is 1. The van der Waals surface area contributed by atoms with Crippen molar-refractivity contribution < 1.29 is 4.39 Å². The molecular formula is C15H13FN4O. The largest absolute Gasteiger partial charge is 0.311 e. The van der Waals surface area contributed by atoms with E-state index in [2.05, 4.69) is 10.3 Å². The first-order chi connectivity index (χ1) is 10.2. The third kappa shape index (κ3) is 2.56. The highest BCUT2D eigenvalue weighted by molar-refractivity contribution is 5.33. The summed E-state index contributed by atoms with van der Waals surface area (Å²) in [4.78, 5) is 16.6. The van der Waals surface area contributed by atoms with E-state index >= 15 is 0 Å². The van der Waals surface area contributed by atoms with Crippen LogP contribution in [-0.2, 0) is 19.5 Å². The van der Waals surface area contributed by atoms with Gasteiger partial charge in [-0.3, -0.25) is 9.36 Å². The fourth-order valence-corrected chi connectivity index (χ4v) is 2.43. The summed E-state index contributed by atoms with van der Waals surface area (Å²) >= 11 is 0. The lowest BCUT2D eigenvalue weighted by Gasteiger charge is -2.17. The minimum absolute atomic E-state index is 0.115. The molecule has 1 aromatic heterocycles. The van der Waals surface area contributed by atoms with Gasteiger partial charge < -0.3 is 5.32 Å². The van der Waals surface area contributed by atoms with E-state index < -0.39 is 5.82 Å². The SMILES string of the molecule is N#Cc1ccc(Cn2cnc3c(c2=O)CCNC3)c(F)c1. The van der Waals surface area contributed by atoms with E-state index in [1.54, 1.807) is 6.07 Å². The fraction of sp³-hybridized carbons (Fsp3) is 0.267. The van der Waals surface area contributed by atoms with Crippen LogP contribution in [0.3, 0.4) is 0 Å². The van der Waals surface area contributed by atoms with Gasteiger partial charge in [-0.15, -0.1) is 0 Å². The van der Waals surface area contributed by atoms with Gasteiger partial charge in [0, 0.05) is 17.7 Å². The topological polar surface area (TPSA) is 70.7 Å². The van der Waals surface area contributed by atoms with Gasteiger partial charge in [0.15, 0.2) is 0 Å². The molecule has 3 rings (SSSR count). The van der Waals surface area contributed by atoms with Crippen molar-refractivity contribution in [2.45, 2.75) is 19.5 Å². The molecule has 0 bridgehead atoms. The van der Waals surface area contributed by atoms with Crippen LogP contribution in [0.15, 0.2) is 29.3 Å². The zero-order chi connectivity index (χ0) is 14.8. The number of nitriles is 1. The average Bonchev–Trinajstić information content (AvgIpc) is 2.52. The molecular weight excluding hydrogens is 271 g/mol. The zero-order valence-electron chi connectivity index (χ0n) is 11.3. The van der Waals surface area contributed by atoms with Gasteiger partial charge in [0.25, 0.3) is 5.56 Å². The van der Waals surface area contributed by atoms with Gasteiger partial charge in [-0.2, -0.15) is 5.26 Å². The molecule has 1 aromatic carbocycles. The molecule has 0 atom stereocenters. The summed E-state index contributed by atoms with van der Waals surface area (Å²) in [6.45, 7) is 1.46. The van der Waals surface area contributed by atoms with Crippen molar-refractivity contribution in [2.75, 3.05) is 6.54 Å². The van der Waals surface area contributed by atoms with E-state index in [1.165, 1.54) is 23.0 Å². The summed E-state index contributed by atoms with van der Waals surface area (Å²) in [7, 11) is 0. The summed E-state index contributed by atoms with van der Waals surface area (Å²) < 4.78 is 15.3. The standard InChI is InChI=1S/C15H13FN4O/c16-13-5-10(6-17)1-2-11(13)8-20-9-19-14-7-18-4-3-12(14)15(20)21/h1-2,5,9,18H,3-4,7-8H2. The molecule has 0 saturated carbocycles. The molecule has 21 heavy (non-hydrogen) atoms. The van der Waals surface area contributed by atoms with Gasteiger partial charge in [-0.1, -0.05) is 6.07 Å². The number of nitrogens with zero attached hydrogens (tertiary/aromatic N) is 3. The molecule has 2 heterocycles. The highest BCUT2D eigenvalue weighted by atomic mass is 19.1. The Morgan fingerprint density at radius 2 is 2.33 bits per heavy atom. The minimum Gasteiger partial charge on any atom is -0.311 e. The van der Waals surface area contributed by atoms with Gasteiger partial charge in [0.1, 0.15) is 5.82 Å². The second kappa shape index (κ2) is 5.46. The molecule has 0 saturated heterocycles. The van der Waals surface area contributed by atoms with Crippen molar-refractivity contribution in [2.24, 2.45) is 0 Å². The van der Waals surface area contributed by atoms with Crippen molar-refractivity contribution in [3.63, 3.8) is 0 Å². The molecule has 6 heteroatoms. The maximum Gasteiger partial charge on any atom is 0.257 e. The van der Waals surface area contributed by atoms with Crippen LogP contribution in [-0.4, -0.2) is 16.1 Å². The molecule has 1 aliphatic heterocycles. The number of halogens is 1. The van der Waals surface area contributed by atoms with Crippen LogP contribution in [0, 0.1) is 17.1 Å². The van der Waals surface area contributed by atoms with E-state index in [4.69, 9.17) is 5.26 Å². The Bertz CT molecular complexity index is 791. The van der Waals surface area contributed by atoms with Crippen molar-refractivity contribution in [3.05, 3.63) is 63.1 Å². The number of aromatic nitrogens is 2. The molecule has 0 unspecified atom stereocenters. The molecule has 2 aromatic rings. The Kier molecular flexibility index (Phi) is 3.50. The predicted octanol–water partition coefficient (Wildman–Crippen LogP) is 0.948. The highest BCUT2D eigenvalue weighted by Crippen LogP contribution is 2.12. The second-order valence-corrected chi connectivity index (χ2v) is 4.95. The average molecular weight is 284 g/mol. The Hall–Kier alpha value is -2.52. The molecule has 5 nitrogen and oxygen atoms in total.